The highest BCUT2D eigenvalue weighted by Gasteiger charge is 2.21. The molecule has 1 saturated heterocycles. The Hall–Kier alpha value is -2.38. The second-order valence-corrected chi connectivity index (χ2v) is 7.70. The van der Waals surface area contributed by atoms with Gasteiger partial charge in [-0.25, -0.2) is 8.42 Å². The molecule has 0 saturated carbocycles. The van der Waals surface area contributed by atoms with Gasteiger partial charge >= 0.3 is 0 Å². The van der Waals surface area contributed by atoms with Crippen molar-refractivity contribution in [2.45, 2.75) is 18.7 Å². The van der Waals surface area contributed by atoms with Gasteiger partial charge in [0.2, 0.25) is 0 Å². The summed E-state index contributed by atoms with van der Waals surface area (Å²) in [6, 6.07) is 11.8. The molecule has 7 heteroatoms. The van der Waals surface area contributed by atoms with Crippen molar-refractivity contribution in [2.75, 3.05) is 29.4 Å². The third-order valence-electron chi connectivity index (χ3n) is 4.07. The number of hydrogen-bond donors (Lipinski definition) is 1. The van der Waals surface area contributed by atoms with E-state index in [9.17, 15) is 13.2 Å². The largest absolute Gasteiger partial charge is 0.370 e. The minimum atomic E-state index is -3.69. The Morgan fingerprint density at radius 3 is 2.44 bits per heavy atom. The van der Waals surface area contributed by atoms with Gasteiger partial charge in [-0.1, -0.05) is 17.7 Å². The highest BCUT2D eigenvalue weighted by atomic mass is 32.2. The first-order chi connectivity index (χ1) is 11.9. The van der Waals surface area contributed by atoms with E-state index in [0.717, 1.165) is 11.1 Å². The molecule has 1 heterocycles. The lowest BCUT2D eigenvalue weighted by Gasteiger charge is -2.26. The van der Waals surface area contributed by atoms with Gasteiger partial charge in [0.05, 0.1) is 17.2 Å². The Balaban J connectivity index is 1.81. The molecule has 0 spiro atoms. The van der Waals surface area contributed by atoms with Gasteiger partial charge in [0.15, 0.2) is 0 Å². The molecule has 1 aliphatic rings. The number of ether oxygens (including phenoxy) is 1. The fourth-order valence-corrected chi connectivity index (χ4v) is 3.86. The minimum Gasteiger partial charge on any atom is -0.370 e. The fourth-order valence-electron chi connectivity index (χ4n) is 2.73. The molecule has 0 radical (unpaired) electrons. The minimum absolute atomic E-state index is 0.0499. The number of aryl methyl sites for hydroxylation is 2. The van der Waals surface area contributed by atoms with Gasteiger partial charge in [0.25, 0.3) is 15.9 Å². The predicted molar refractivity (Wildman–Crippen MR) is 96.3 cm³/mol. The maximum atomic E-state index is 12.6. The first kappa shape index (κ1) is 17.4. The quantitative estimate of drug-likeness (QED) is 0.909. The Morgan fingerprint density at radius 2 is 1.80 bits per heavy atom. The van der Waals surface area contributed by atoms with Gasteiger partial charge in [-0.05, 0) is 49.7 Å². The van der Waals surface area contributed by atoms with Crippen molar-refractivity contribution in [1.29, 1.82) is 0 Å². The molecule has 132 valence electrons. The monoisotopic (exact) mass is 360 g/mol. The summed E-state index contributed by atoms with van der Waals surface area (Å²) in [6.45, 7) is 4.80. The van der Waals surface area contributed by atoms with E-state index < -0.39 is 10.0 Å². The fraction of sp³-hybridized carbons (Fsp3) is 0.278. The Labute approximate surface area is 147 Å². The summed E-state index contributed by atoms with van der Waals surface area (Å²) < 4.78 is 32.9. The molecule has 3 rings (SSSR count). The molecule has 0 bridgehead atoms. The molecule has 1 amide bonds. The lowest BCUT2D eigenvalue weighted by atomic mass is 10.1. The zero-order valence-corrected chi connectivity index (χ0v) is 15.0. The lowest BCUT2D eigenvalue weighted by molar-refractivity contribution is -0.125. The van der Waals surface area contributed by atoms with Crippen LogP contribution in [0, 0.1) is 13.8 Å². The van der Waals surface area contributed by atoms with Crippen LogP contribution >= 0.6 is 0 Å². The molecule has 1 aliphatic heterocycles. The zero-order valence-electron chi connectivity index (χ0n) is 14.2. The number of hydrogen-bond acceptors (Lipinski definition) is 4. The van der Waals surface area contributed by atoms with Crippen LogP contribution < -0.4 is 9.62 Å². The number of carbonyl (C=O) groups is 1. The first-order valence-electron chi connectivity index (χ1n) is 7.95. The summed E-state index contributed by atoms with van der Waals surface area (Å²) in [5.41, 5.74) is 3.15. The number of nitrogens with one attached hydrogen (secondary N) is 1. The number of nitrogens with zero attached hydrogens (tertiary/aromatic N) is 1. The summed E-state index contributed by atoms with van der Waals surface area (Å²) >= 11 is 0. The van der Waals surface area contributed by atoms with Crippen molar-refractivity contribution in [3.8, 4) is 0 Å². The second-order valence-electron chi connectivity index (χ2n) is 6.02. The maximum Gasteiger partial charge on any atom is 0.261 e. The predicted octanol–water partition coefficient (Wildman–Crippen LogP) is 2.47. The Bertz CT molecular complexity index is 892. The second kappa shape index (κ2) is 6.85. The normalized spacial score (nSPS) is 15.3. The summed E-state index contributed by atoms with van der Waals surface area (Å²) in [7, 11) is -3.69. The third kappa shape index (κ3) is 3.83. The number of morpholine rings is 1. The molecule has 0 aromatic heterocycles. The van der Waals surface area contributed by atoms with Crippen LogP contribution in [0.2, 0.25) is 0 Å². The van der Waals surface area contributed by atoms with Crippen molar-refractivity contribution < 1.29 is 17.9 Å². The van der Waals surface area contributed by atoms with Crippen LogP contribution in [0.25, 0.3) is 0 Å². The number of rotatable bonds is 4. The average molecular weight is 360 g/mol. The van der Waals surface area contributed by atoms with Crippen LogP contribution in [0.4, 0.5) is 11.4 Å². The molecule has 25 heavy (non-hydrogen) atoms. The molecule has 2 aromatic carbocycles. The van der Waals surface area contributed by atoms with Crippen LogP contribution in [0.15, 0.2) is 47.4 Å². The third-order valence-corrected chi connectivity index (χ3v) is 5.45. The maximum absolute atomic E-state index is 12.6. The van der Waals surface area contributed by atoms with Gasteiger partial charge in [-0.2, -0.15) is 0 Å². The standard InChI is InChI=1S/C18H20N2O4S/c1-13-3-8-17(14(2)11-13)19-25(22,23)16-6-4-15(5-7-16)20-9-10-24-12-18(20)21/h3-8,11,19H,9-10,12H2,1-2H3. The van der Waals surface area contributed by atoms with E-state index in [2.05, 4.69) is 4.72 Å². The van der Waals surface area contributed by atoms with Crippen LogP contribution in [0.1, 0.15) is 11.1 Å². The topological polar surface area (TPSA) is 75.7 Å². The molecule has 1 N–H and O–H groups in total. The molecule has 0 unspecified atom stereocenters. The summed E-state index contributed by atoms with van der Waals surface area (Å²) in [5.74, 6) is -0.129. The van der Waals surface area contributed by atoms with Gasteiger partial charge in [0.1, 0.15) is 6.61 Å². The SMILES string of the molecule is Cc1ccc(NS(=O)(=O)c2ccc(N3CCOCC3=O)cc2)c(C)c1. The molecule has 2 aromatic rings. The van der Waals surface area contributed by atoms with E-state index in [-0.39, 0.29) is 17.4 Å². The highest BCUT2D eigenvalue weighted by molar-refractivity contribution is 7.92. The lowest BCUT2D eigenvalue weighted by Crippen LogP contribution is -2.41. The van der Waals surface area contributed by atoms with Crippen molar-refractivity contribution in [3.05, 3.63) is 53.6 Å². The van der Waals surface area contributed by atoms with Gasteiger partial charge < -0.3 is 9.64 Å². The summed E-state index contributed by atoms with van der Waals surface area (Å²) in [5, 5.41) is 0. The summed E-state index contributed by atoms with van der Waals surface area (Å²) in [4.78, 5) is 13.6. The van der Waals surface area contributed by atoms with E-state index in [1.807, 2.05) is 26.0 Å². The number of benzene rings is 2. The molecule has 0 aliphatic carbocycles. The summed E-state index contributed by atoms with van der Waals surface area (Å²) in [6.07, 6.45) is 0. The van der Waals surface area contributed by atoms with Gasteiger partial charge in [-0.3, -0.25) is 9.52 Å². The molecular weight excluding hydrogens is 340 g/mol. The van der Waals surface area contributed by atoms with Crippen molar-refractivity contribution in [3.63, 3.8) is 0 Å². The van der Waals surface area contributed by atoms with Crippen LogP contribution in [0.3, 0.4) is 0 Å². The van der Waals surface area contributed by atoms with Gasteiger partial charge in [-0.15, -0.1) is 0 Å². The van der Waals surface area contributed by atoms with E-state index >= 15 is 0 Å². The first-order valence-corrected chi connectivity index (χ1v) is 9.43. The van der Waals surface area contributed by atoms with E-state index in [1.165, 1.54) is 12.1 Å². The van der Waals surface area contributed by atoms with Gasteiger partial charge in [0, 0.05) is 12.2 Å². The number of anilines is 2. The van der Waals surface area contributed by atoms with Crippen molar-refractivity contribution in [1.82, 2.24) is 0 Å². The van der Waals surface area contributed by atoms with E-state index in [0.29, 0.717) is 24.5 Å². The number of sulfonamides is 1. The van der Waals surface area contributed by atoms with Crippen LogP contribution in [-0.2, 0) is 19.6 Å². The molecule has 1 fully saturated rings. The zero-order chi connectivity index (χ0) is 18.0. The molecule has 0 atom stereocenters. The highest BCUT2D eigenvalue weighted by Crippen LogP contribution is 2.23. The average Bonchev–Trinajstić information content (AvgIpc) is 2.58. The van der Waals surface area contributed by atoms with Crippen molar-refractivity contribution in [2.24, 2.45) is 0 Å². The van der Waals surface area contributed by atoms with Crippen LogP contribution in [-0.4, -0.2) is 34.1 Å². The number of amides is 1. The smallest absolute Gasteiger partial charge is 0.261 e. The van der Waals surface area contributed by atoms with E-state index in [4.69, 9.17) is 4.74 Å². The Morgan fingerprint density at radius 1 is 1.08 bits per heavy atom. The number of carbonyl (C=O) groups excluding carboxylic acids is 1. The molecule has 6 nitrogen and oxygen atoms in total. The van der Waals surface area contributed by atoms with E-state index in [1.54, 1.807) is 23.1 Å². The van der Waals surface area contributed by atoms with Crippen molar-refractivity contribution >= 4 is 27.3 Å². The van der Waals surface area contributed by atoms with Crippen LogP contribution in [0.5, 0.6) is 0 Å². The molecular formula is C18H20N2O4S. The Kier molecular flexibility index (Phi) is 4.78.